The molecule has 0 spiro atoms. The fraction of sp³-hybridized carbons (Fsp3) is 0. The summed E-state index contributed by atoms with van der Waals surface area (Å²) in [4.78, 5) is 24.8. The van der Waals surface area contributed by atoms with E-state index in [0.717, 1.165) is 5.52 Å². The maximum absolute atomic E-state index is 11.0. The van der Waals surface area contributed by atoms with Crippen molar-refractivity contribution in [2.24, 2.45) is 0 Å². The Kier molecular flexibility index (Phi) is 2.50. The molecular weight excluding hydrogens is 237 g/mol. The molecule has 0 saturated heterocycles. The van der Waals surface area contributed by atoms with Gasteiger partial charge in [0, 0.05) is 22.7 Å². The maximum atomic E-state index is 11.0. The first-order valence-electron chi connectivity index (χ1n) is 4.10. The van der Waals surface area contributed by atoms with Gasteiger partial charge >= 0.3 is 0 Å². The first-order valence-corrected chi connectivity index (χ1v) is 4.86. The fourth-order valence-corrected chi connectivity index (χ4v) is 1.68. The van der Waals surface area contributed by atoms with E-state index in [1.54, 1.807) is 12.1 Å². The summed E-state index contributed by atoms with van der Waals surface area (Å²) in [7, 11) is 0. The monoisotopic (exact) mass is 241 g/mol. The lowest BCUT2D eigenvalue weighted by molar-refractivity contribution is 0.107. The van der Waals surface area contributed by atoms with Crippen LogP contribution in [0.1, 0.15) is 20.7 Å². The first-order chi connectivity index (χ1) is 7.09. The zero-order chi connectivity index (χ0) is 11.0. The topological polar surface area (TPSA) is 49.9 Å². The van der Waals surface area contributed by atoms with Crippen molar-refractivity contribution < 1.29 is 9.59 Å². The van der Waals surface area contributed by atoms with Gasteiger partial charge in [0.05, 0.1) is 5.56 Å². The summed E-state index contributed by atoms with van der Waals surface area (Å²) in [5.41, 5.74) is 1.41. The van der Waals surface area contributed by atoms with Gasteiger partial charge in [-0.1, -0.05) is 0 Å². The van der Waals surface area contributed by atoms with Crippen LogP contribution in [0.15, 0.2) is 24.4 Å². The maximum Gasteiger partial charge on any atom is 0.254 e. The SMILES string of the molecule is O=C(Cl)c1ccc2[nH]cc(C(=O)Cl)c2c1. The number of hydrogen-bond acceptors (Lipinski definition) is 2. The van der Waals surface area contributed by atoms with Crippen LogP contribution in [-0.4, -0.2) is 15.5 Å². The summed E-state index contributed by atoms with van der Waals surface area (Å²) in [5.74, 6) is 0. The molecule has 0 atom stereocenters. The average Bonchev–Trinajstić information content (AvgIpc) is 2.59. The van der Waals surface area contributed by atoms with Crippen molar-refractivity contribution in [3.8, 4) is 0 Å². The minimum atomic E-state index is -0.569. The number of rotatable bonds is 2. The van der Waals surface area contributed by atoms with Gasteiger partial charge in [0.2, 0.25) is 0 Å². The molecule has 1 aromatic heterocycles. The van der Waals surface area contributed by atoms with Gasteiger partial charge in [-0.15, -0.1) is 0 Å². The molecule has 15 heavy (non-hydrogen) atoms. The van der Waals surface area contributed by atoms with E-state index >= 15 is 0 Å². The molecule has 0 fully saturated rings. The molecule has 0 bridgehead atoms. The quantitative estimate of drug-likeness (QED) is 0.823. The molecule has 1 aromatic carbocycles. The van der Waals surface area contributed by atoms with Gasteiger partial charge in [-0.3, -0.25) is 9.59 Å². The lowest BCUT2D eigenvalue weighted by Crippen LogP contribution is -1.90. The van der Waals surface area contributed by atoms with Crippen LogP contribution in [0.2, 0.25) is 0 Å². The predicted molar refractivity (Wildman–Crippen MR) is 58.7 cm³/mol. The highest BCUT2D eigenvalue weighted by molar-refractivity contribution is 6.69. The number of carbonyl (C=O) groups excluding carboxylic acids is 2. The summed E-state index contributed by atoms with van der Waals surface area (Å²) in [6, 6.07) is 4.79. The molecule has 0 aliphatic rings. The van der Waals surface area contributed by atoms with Crippen molar-refractivity contribution in [2.45, 2.75) is 0 Å². The predicted octanol–water partition coefficient (Wildman–Crippen LogP) is 2.93. The number of benzene rings is 1. The van der Waals surface area contributed by atoms with Crippen molar-refractivity contribution in [3.63, 3.8) is 0 Å². The van der Waals surface area contributed by atoms with Gasteiger partial charge < -0.3 is 4.98 Å². The summed E-state index contributed by atoms with van der Waals surface area (Å²) in [6.45, 7) is 0. The number of aromatic amines is 1. The van der Waals surface area contributed by atoms with Crippen LogP contribution in [0.3, 0.4) is 0 Å². The third kappa shape index (κ3) is 1.76. The number of nitrogens with one attached hydrogen (secondary N) is 1. The highest BCUT2D eigenvalue weighted by Gasteiger charge is 2.11. The zero-order valence-corrected chi connectivity index (χ0v) is 8.89. The lowest BCUT2D eigenvalue weighted by Gasteiger charge is -1.95. The third-order valence-corrected chi connectivity index (χ3v) is 2.54. The molecule has 0 aliphatic heterocycles. The second kappa shape index (κ2) is 3.68. The van der Waals surface area contributed by atoms with Crippen molar-refractivity contribution in [1.82, 2.24) is 4.98 Å². The molecule has 0 amide bonds. The summed E-state index contributed by atoms with van der Waals surface area (Å²) in [6.07, 6.45) is 1.50. The van der Waals surface area contributed by atoms with E-state index in [2.05, 4.69) is 4.98 Å². The summed E-state index contributed by atoms with van der Waals surface area (Å²) in [5, 5.41) is -0.534. The van der Waals surface area contributed by atoms with Crippen LogP contribution in [0.5, 0.6) is 0 Å². The van der Waals surface area contributed by atoms with Crippen molar-refractivity contribution in [3.05, 3.63) is 35.5 Å². The van der Waals surface area contributed by atoms with Crippen molar-refractivity contribution in [2.75, 3.05) is 0 Å². The summed E-state index contributed by atoms with van der Waals surface area (Å²) >= 11 is 10.7. The van der Waals surface area contributed by atoms with Gasteiger partial charge in [0.15, 0.2) is 0 Å². The Morgan fingerprint density at radius 2 is 1.87 bits per heavy atom. The zero-order valence-electron chi connectivity index (χ0n) is 7.38. The Morgan fingerprint density at radius 1 is 1.13 bits per heavy atom. The molecule has 2 rings (SSSR count). The number of carbonyl (C=O) groups is 2. The van der Waals surface area contributed by atoms with Crippen LogP contribution in [-0.2, 0) is 0 Å². The first kappa shape index (κ1) is 10.2. The Morgan fingerprint density at radius 3 is 2.47 bits per heavy atom. The molecule has 0 saturated carbocycles. The molecule has 1 heterocycles. The highest BCUT2D eigenvalue weighted by Crippen LogP contribution is 2.22. The molecule has 1 N–H and O–H groups in total. The molecule has 0 aliphatic carbocycles. The minimum Gasteiger partial charge on any atom is -0.360 e. The molecule has 0 radical (unpaired) electrons. The minimum absolute atomic E-state index is 0.336. The van der Waals surface area contributed by atoms with Crippen LogP contribution in [0.25, 0.3) is 10.9 Å². The molecule has 76 valence electrons. The van der Waals surface area contributed by atoms with E-state index in [1.807, 2.05) is 0 Å². The van der Waals surface area contributed by atoms with Crippen LogP contribution in [0.4, 0.5) is 0 Å². The van der Waals surface area contributed by atoms with Gasteiger partial charge in [0.1, 0.15) is 0 Å². The summed E-state index contributed by atoms with van der Waals surface area (Å²) < 4.78 is 0. The van der Waals surface area contributed by atoms with Gasteiger partial charge in [-0.25, -0.2) is 0 Å². The lowest BCUT2D eigenvalue weighted by atomic mass is 10.1. The smallest absolute Gasteiger partial charge is 0.254 e. The fourth-order valence-electron chi connectivity index (χ4n) is 1.41. The number of fused-ring (bicyclic) bond motifs is 1. The molecule has 2 aromatic rings. The van der Waals surface area contributed by atoms with Gasteiger partial charge in [0.25, 0.3) is 10.5 Å². The van der Waals surface area contributed by atoms with E-state index in [1.165, 1.54) is 12.3 Å². The highest BCUT2D eigenvalue weighted by atomic mass is 35.5. The second-order valence-electron chi connectivity index (χ2n) is 3.01. The van der Waals surface area contributed by atoms with E-state index < -0.39 is 10.5 Å². The second-order valence-corrected chi connectivity index (χ2v) is 3.70. The Balaban J connectivity index is 2.72. The van der Waals surface area contributed by atoms with Crippen molar-refractivity contribution >= 4 is 44.6 Å². The normalized spacial score (nSPS) is 10.5. The standard InChI is InChI=1S/C10H5Cl2NO2/c11-9(14)5-1-2-8-6(3-5)7(4-13-8)10(12)15/h1-4,13H. The van der Waals surface area contributed by atoms with E-state index in [-0.39, 0.29) is 0 Å². The average molecular weight is 242 g/mol. The Hall–Kier alpha value is -1.32. The van der Waals surface area contributed by atoms with Crippen LogP contribution >= 0.6 is 23.2 Å². The third-order valence-electron chi connectivity index (χ3n) is 2.12. The van der Waals surface area contributed by atoms with E-state index in [4.69, 9.17) is 23.2 Å². The number of aromatic nitrogens is 1. The van der Waals surface area contributed by atoms with Crippen LogP contribution < -0.4 is 0 Å². The Bertz CT molecular complexity index is 560. The number of H-pyrrole nitrogens is 1. The molecule has 5 heteroatoms. The largest absolute Gasteiger partial charge is 0.360 e. The van der Waals surface area contributed by atoms with E-state index in [9.17, 15) is 9.59 Å². The van der Waals surface area contributed by atoms with E-state index in [0.29, 0.717) is 16.5 Å². The molecular formula is C10H5Cl2NO2. The molecule has 3 nitrogen and oxygen atoms in total. The number of hydrogen-bond donors (Lipinski definition) is 1. The Labute approximate surface area is 95.0 Å². The van der Waals surface area contributed by atoms with Crippen molar-refractivity contribution in [1.29, 1.82) is 0 Å². The van der Waals surface area contributed by atoms with Crippen LogP contribution in [0, 0.1) is 0 Å². The van der Waals surface area contributed by atoms with Gasteiger partial charge in [-0.05, 0) is 41.4 Å². The van der Waals surface area contributed by atoms with Gasteiger partial charge in [-0.2, -0.15) is 0 Å². The molecule has 0 unspecified atom stereocenters. The number of halogens is 2.